The van der Waals surface area contributed by atoms with Crippen molar-refractivity contribution in [2.45, 2.75) is 17.6 Å². The molecule has 0 amide bonds. The molecule has 1 aromatic rings. The zero-order valence-corrected chi connectivity index (χ0v) is 11.4. The number of aromatic nitrogens is 1. The number of aliphatic hydroxyl groups is 1. The quantitative estimate of drug-likeness (QED) is 0.745. The first-order chi connectivity index (χ1) is 8.45. The number of nitrogens with zero attached hydrogens (tertiary/aromatic N) is 2. The molecule has 7 nitrogen and oxygen atoms in total. The summed E-state index contributed by atoms with van der Waals surface area (Å²) in [5.74, 6) is -1.37. The van der Waals surface area contributed by atoms with E-state index in [0.29, 0.717) is 6.42 Å². The van der Waals surface area contributed by atoms with Crippen LogP contribution in [0.2, 0.25) is 0 Å². The number of carbonyl (C=O) groups is 1. The maximum absolute atomic E-state index is 12.2. The van der Waals surface area contributed by atoms with Crippen LogP contribution in [0.4, 0.5) is 0 Å². The summed E-state index contributed by atoms with van der Waals surface area (Å²) in [6, 6.07) is 0. The fraction of sp³-hybridized carbons (Fsp3) is 0.556. The lowest BCUT2D eigenvalue weighted by atomic mass is 10.4. The molecule has 0 unspecified atom stereocenters. The number of sulfonamides is 1. The van der Waals surface area contributed by atoms with E-state index in [1.807, 2.05) is 0 Å². The fourth-order valence-corrected chi connectivity index (χ4v) is 4.14. The second-order valence-electron chi connectivity index (χ2n) is 3.37. The van der Waals surface area contributed by atoms with Crippen LogP contribution < -0.4 is 0 Å². The van der Waals surface area contributed by atoms with Crippen LogP contribution in [0.25, 0.3) is 0 Å². The molecule has 102 valence electrons. The average molecular weight is 294 g/mol. The van der Waals surface area contributed by atoms with E-state index in [9.17, 15) is 13.2 Å². The molecule has 0 saturated carbocycles. The van der Waals surface area contributed by atoms with Crippen LogP contribution in [-0.4, -0.2) is 53.6 Å². The molecule has 0 bridgehead atoms. The lowest BCUT2D eigenvalue weighted by Gasteiger charge is -2.19. The third-order valence-corrected chi connectivity index (χ3v) is 5.55. The molecule has 1 heterocycles. The lowest BCUT2D eigenvalue weighted by Crippen LogP contribution is -2.32. The van der Waals surface area contributed by atoms with E-state index >= 15 is 0 Å². The van der Waals surface area contributed by atoms with E-state index in [-0.39, 0.29) is 23.9 Å². The fourth-order valence-electron chi connectivity index (χ4n) is 1.37. The monoisotopic (exact) mass is 294 g/mol. The molecule has 9 heteroatoms. The van der Waals surface area contributed by atoms with Gasteiger partial charge in [-0.25, -0.2) is 18.2 Å². The Kier molecular flexibility index (Phi) is 5.20. The molecule has 0 saturated heterocycles. The van der Waals surface area contributed by atoms with Crippen LogP contribution in [0.5, 0.6) is 0 Å². The Labute approximate surface area is 109 Å². The van der Waals surface area contributed by atoms with Crippen LogP contribution in [0.1, 0.15) is 23.8 Å². The largest absolute Gasteiger partial charge is 0.476 e. The first-order valence-corrected chi connectivity index (χ1v) is 7.54. The van der Waals surface area contributed by atoms with Crippen molar-refractivity contribution >= 4 is 27.3 Å². The standard InChI is InChI=1S/C9H14N2O5S2/c1-2-11(4-3-5-12)18(15,16)9-7(8(13)14)10-6-17-9/h6,12H,2-5H2,1H3,(H,13,14). The molecular formula is C9H14N2O5S2. The summed E-state index contributed by atoms with van der Waals surface area (Å²) in [5, 5.41) is 17.6. The maximum Gasteiger partial charge on any atom is 0.356 e. The summed E-state index contributed by atoms with van der Waals surface area (Å²) >= 11 is 0.778. The molecule has 0 aliphatic rings. The first kappa shape index (κ1) is 15.0. The minimum Gasteiger partial charge on any atom is -0.476 e. The molecule has 2 N–H and O–H groups in total. The number of thiazole rings is 1. The van der Waals surface area contributed by atoms with Crippen molar-refractivity contribution in [3.63, 3.8) is 0 Å². The highest BCUT2D eigenvalue weighted by Gasteiger charge is 2.30. The van der Waals surface area contributed by atoms with E-state index in [1.54, 1.807) is 6.92 Å². The van der Waals surface area contributed by atoms with Gasteiger partial charge in [0.1, 0.15) is 0 Å². The third kappa shape index (κ3) is 3.05. The Morgan fingerprint density at radius 2 is 2.22 bits per heavy atom. The number of rotatable bonds is 7. The van der Waals surface area contributed by atoms with Gasteiger partial charge in [0.25, 0.3) is 10.0 Å². The Morgan fingerprint density at radius 3 is 2.72 bits per heavy atom. The SMILES string of the molecule is CCN(CCCO)S(=O)(=O)c1scnc1C(=O)O. The predicted molar refractivity (Wildman–Crippen MR) is 65.2 cm³/mol. The molecule has 1 aromatic heterocycles. The number of carboxylic acid groups (broad SMARTS) is 1. The van der Waals surface area contributed by atoms with Crippen molar-refractivity contribution < 1.29 is 23.4 Å². The Morgan fingerprint density at radius 1 is 1.56 bits per heavy atom. The van der Waals surface area contributed by atoms with Gasteiger partial charge in [0.15, 0.2) is 9.90 Å². The van der Waals surface area contributed by atoms with Gasteiger partial charge in [0.05, 0.1) is 5.51 Å². The second-order valence-corrected chi connectivity index (χ2v) is 6.36. The summed E-state index contributed by atoms with van der Waals surface area (Å²) in [5.41, 5.74) is 0.735. The smallest absolute Gasteiger partial charge is 0.356 e. The maximum atomic E-state index is 12.2. The minimum absolute atomic E-state index is 0.125. The normalized spacial score (nSPS) is 11.9. The van der Waals surface area contributed by atoms with Crippen molar-refractivity contribution in [2.24, 2.45) is 0 Å². The summed E-state index contributed by atoms with van der Waals surface area (Å²) in [7, 11) is -3.86. The van der Waals surface area contributed by atoms with Gasteiger partial charge in [0, 0.05) is 19.7 Å². The van der Waals surface area contributed by atoms with Crippen molar-refractivity contribution in [3.8, 4) is 0 Å². The summed E-state index contributed by atoms with van der Waals surface area (Å²) < 4.78 is 25.3. The van der Waals surface area contributed by atoms with Gasteiger partial charge in [-0.15, -0.1) is 11.3 Å². The van der Waals surface area contributed by atoms with Crippen LogP contribution in [0.15, 0.2) is 9.72 Å². The van der Waals surface area contributed by atoms with E-state index in [2.05, 4.69) is 4.98 Å². The highest BCUT2D eigenvalue weighted by Crippen LogP contribution is 2.24. The van der Waals surface area contributed by atoms with E-state index in [4.69, 9.17) is 10.2 Å². The highest BCUT2D eigenvalue weighted by atomic mass is 32.2. The molecule has 1 rings (SSSR count). The topological polar surface area (TPSA) is 108 Å². The van der Waals surface area contributed by atoms with Crippen LogP contribution >= 0.6 is 11.3 Å². The zero-order valence-electron chi connectivity index (χ0n) is 9.74. The molecule has 0 spiro atoms. The summed E-state index contributed by atoms with van der Waals surface area (Å²) in [4.78, 5) is 14.4. The van der Waals surface area contributed by atoms with Crippen molar-refractivity contribution in [1.29, 1.82) is 0 Å². The number of aliphatic hydroxyl groups excluding tert-OH is 1. The molecule has 0 radical (unpaired) electrons. The number of hydrogen-bond acceptors (Lipinski definition) is 6. The summed E-state index contributed by atoms with van der Waals surface area (Å²) in [6.07, 6.45) is 0.300. The van der Waals surface area contributed by atoms with E-state index < -0.39 is 21.7 Å². The van der Waals surface area contributed by atoms with Gasteiger partial charge < -0.3 is 10.2 Å². The first-order valence-electron chi connectivity index (χ1n) is 5.23. The highest BCUT2D eigenvalue weighted by molar-refractivity contribution is 7.91. The predicted octanol–water partition coefficient (Wildman–Crippen LogP) is 0.234. The van der Waals surface area contributed by atoms with E-state index in [1.165, 1.54) is 5.51 Å². The van der Waals surface area contributed by atoms with Gasteiger partial charge in [-0.2, -0.15) is 4.31 Å². The molecular weight excluding hydrogens is 280 g/mol. The van der Waals surface area contributed by atoms with Gasteiger partial charge in [0.2, 0.25) is 0 Å². The number of hydrogen-bond donors (Lipinski definition) is 2. The number of carboxylic acids is 1. The zero-order chi connectivity index (χ0) is 13.8. The minimum atomic E-state index is -3.86. The molecule has 0 aromatic carbocycles. The van der Waals surface area contributed by atoms with Crippen LogP contribution in [-0.2, 0) is 10.0 Å². The third-order valence-electron chi connectivity index (χ3n) is 2.23. The average Bonchev–Trinajstić information content (AvgIpc) is 2.79. The second kappa shape index (κ2) is 6.23. The van der Waals surface area contributed by atoms with E-state index in [0.717, 1.165) is 15.6 Å². The van der Waals surface area contributed by atoms with Crippen LogP contribution in [0, 0.1) is 0 Å². The Balaban J connectivity index is 3.11. The molecule has 18 heavy (non-hydrogen) atoms. The molecule has 0 aliphatic carbocycles. The van der Waals surface area contributed by atoms with Crippen molar-refractivity contribution in [1.82, 2.24) is 9.29 Å². The van der Waals surface area contributed by atoms with Crippen LogP contribution in [0.3, 0.4) is 0 Å². The van der Waals surface area contributed by atoms with Gasteiger partial charge in [-0.1, -0.05) is 6.92 Å². The Hall–Kier alpha value is -1.03. The lowest BCUT2D eigenvalue weighted by molar-refractivity contribution is 0.0687. The van der Waals surface area contributed by atoms with Gasteiger partial charge in [-0.05, 0) is 6.42 Å². The number of aromatic carboxylic acids is 1. The van der Waals surface area contributed by atoms with Crippen molar-refractivity contribution in [2.75, 3.05) is 19.7 Å². The molecule has 0 fully saturated rings. The Bertz CT molecular complexity index is 511. The molecule has 0 atom stereocenters. The van der Waals surface area contributed by atoms with Gasteiger partial charge >= 0.3 is 5.97 Å². The van der Waals surface area contributed by atoms with Crippen molar-refractivity contribution in [3.05, 3.63) is 11.2 Å². The molecule has 0 aliphatic heterocycles. The van der Waals surface area contributed by atoms with Gasteiger partial charge in [-0.3, -0.25) is 0 Å². The summed E-state index contributed by atoms with van der Waals surface area (Å²) in [6.45, 7) is 1.88.